The standard InChI is InChI=1S/C23H30ClFN6O3/c1-12(2)34-19-14(11-15(24)17(25)16(19)21(32)28-7-9-30(5)6)23(4,33)22-29-13(3)18-20(26)27-8-10-31(18)22/h8,10-12,33H,7,9H2,1-6H3,(H2,26,27)(H,28,32)/t23-/m0/s1. The summed E-state index contributed by atoms with van der Waals surface area (Å²) in [5.74, 6) is -1.32. The summed E-state index contributed by atoms with van der Waals surface area (Å²) in [7, 11) is 3.71. The van der Waals surface area contributed by atoms with E-state index in [4.69, 9.17) is 22.1 Å². The molecule has 0 spiro atoms. The fourth-order valence-corrected chi connectivity index (χ4v) is 3.92. The Labute approximate surface area is 202 Å². The molecular formula is C23H30ClFN6O3. The van der Waals surface area contributed by atoms with Gasteiger partial charge in [-0.1, -0.05) is 11.6 Å². The van der Waals surface area contributed by atoms with Crippen molar-refractivity contribution >= 4 is 28.8 Å². The first-order valence-corrected chi connectivity index (χ1v) is 11.2. The van der Waals surface area contributed by atoms with E-state index in [-0.39, 0.29) is 40.1 Å². The predicted molar refractivity (Wildman–Crippen MR) is 129 cm³/mol. The highest BCUT2D eigenvalue weighted by Gasteiger charge is 2.38. The first-order chi connectivity index (χ1) is 15.9. The zero-order chi connectivity index (χ0) is 25.4. The van der Waals surface area contributed by atoms with Crippen LogP contribution in [0.25, 0.3) is 5.52 Å². The monoisotopic (exact) mass is 492 g/mol. The molecule has 4 N–H and O–H groups in total. The smallest absolute Gasteiger partial charge is 0.258 e. The minimum atomic E-state index is -1.84. The van der Waals surface area contributed by atoms with E-state index in [1.165, 1.54) is 19.2 Å². The lowest BCUT2D eigenvalue weighted by Crippen LogP contribution is -2.34. The van der Waals surface area contributed by atoms with Crippen molar-refractivity contribution in [2.24, 2.45) is 0 Å². The predicted octanol–water partition coefficient (Wildman–Crippen LogP) is 2.75. The molecule has 0 radical (unpaired) electrons. The summed E-state index contributed by atoms with van der Waals surface area (Å²) in [4.78, 5) is 23.5. The third-order valence-electron chi connectivity index (χ3n) is 5.31. The van der Waals surface area contributed by atoms with Gasteiger partial charge in [0.25, 0.3) is 5.91 Å². The maximum atomic E-state index is 15.2. The molecule has 1 amide bonds. The second-order valence-corrected chi connectivity index (χ2v) is 9.18. The topological polar surface area (TPSA) is 118 Å². The number of carbonyl (C=O) groups excluding carboxylic acids is 1. The van der Waals surface area contributed by atoms with Crippen molar-refractivity contribution < 1.29 is 19.0 Å². The van der Waals surface area contributed by atoms with Gasteiger partial charge in [0.2, 0.25) is 0 Å². The molecule has 1 atom stereocenters. The zero-order valence-electron chi connectivity index (χ0n) is 20.1. The molecule has 3 rings (SSSR count). The molecule has 184 valence electrons. The van der Waals surface area contributed by atoms with Crippen LogP contribution in [-0.4, -0.2) is 63.6 Å². The van der Waals surface area contributed by atoms with Crippen LogP contribution in [0.1, 0.15) is 48.2 Å². The van der Waals surface area contributed by atoms with Crippen LogP contribution >= 0.6 is 11.6 Å². The molecule has 0 aliphatic rings. The lowest BCUT2D eigenvalue weighted by atomic mass is 9.91. The van der Waals surface area contributed by atoms with Crippen LogP contribution in [0.5, 0.6) is 5.75 Å². The lowest BCUT2D eigenvalue weighted by Gasteiger charge is -2.28. The average Bonchev–Trinajstić information content (AvgIpc) is 3.08. The van der Waals surface area contributed by atoms with Gasteiger partial charge in [0, 0.05) is 31.0 Å². The van der Waals surface area contributed by atoms with Crippen molar-refractivity contribution in [2.75, 3.05) is 32.9 Å². The number of imidazole rings is 1. The number of likely N-dealkylation sites (N-methyl/N-ethyl adjacent to an activating group) is 1. The first-order valence-electron chi connectivity index (χ1n) is 10.8. The molecule has 0 unspecified atom stereocenters. The van der Waals surface area contributed by atoms with E-state index >= 15 is 4.39 Å². The molecule has 0 fully saturated rings. The van der Waals surface area contributed by atoms with E-state index in [1.807, 2.05) is 19.0 Å². The number of rotatable bonds is 8. The van der Waals surface area contributed by atoms with Crippen LogP contribution in [0, 0.1) is 12.7 Å². The number of benzene rings is 1. The van der Waals surface area contributed by atoms with Crippen molar-refractivity contribution in [3.05, 3.63) is 51.9 Å². The number of nitrogens with two attached hydrogens (primary N) is 1. The number of halogens is 2. The van der Waals surface area contributed by atoms with Gasteiger partial charge in [0.05, 0.1) is 16.8 Å². The van der Waals surface area contributed by atoms with Gasteiger partial charge >= 0.3 is 0 Å². The molecule has 9 nitrogen and oxygen atoms in total. The maximum Gasteiger partial charge on any atom is 0.258 e. The van der Waals surface area contributed by atoms with Crippen LogP contribution in [0.3, 0.4) is 0 Å². The molecule has 0 aliphatic heterocycles. The lowest BCUT2D eigenvalue weighted by molar-refractivity contribution is 0.0841. The Hall–Kier alpha value is -2.95. The van der Waals surface area contributed by atoms with E-state index in [2.05, 4.69) is 15.3 Å². The van der Waals surface area contributed by atoms with Gasteiger partial charge < -0.3 is 25.8 Å². The number of carbonyl (C=O) groups is 1. The second kappa shape index (κ2) is 9.73. The Morgan fingerprint density at radius 1 is 1.44 bits per heavy atom. The van der Waals surface area contributed by atoms with Crippen molar-refractivity contribution in [3.8, 4) is 5.75 Å². The third kappa shape index (κ3) is 4.79. The van der Waals surface area contributed by atoms with Gasteiger partial charge in [0.15, 0.2) is 5.82 Å². The molecule has 2 heterocycles. The summed E-state index contributed by atoms with van der Waals surface area (Å²) in [6.45, 7) is 7.51. The van der Waals surface area contributed by atoms with Crippen molar-refractivity contribution in [3.63, 3.8) is 0 Å². The van der Waals surface area contributed by atoms with Gasteiger partial charge in [-0.05, 0) is 47.9 Å². The molecule has 34 heavy (non-hydrogen) atoms. The number of amides is 1. The van der Waals surface area contributed by atoms with Gasteiger partial charge in [-0.25, -0.2) is 14.4 Å². The summed E-state index contributed by atoms with van der Waals surface area (Å²) >= 11 is 6.21. The molecule has 1 aromatic carbocycles. The van der Waals surface area contributed by atoms with Gasteiger partial charge in [-0.15, -0.1) is 0 Å². The van der Waals surface area contributed by atoms with E-state index in [0.717, 1.165) is 0 Å². The number of hydrogen-bond acceptors (Lipinski definition) is 7. The van der Waals surface area contributed by atoms with E-state index in [9.17, 15) is 9.90 Å². The van der Waals surface area contributed by atoms with Crippen LogP contribution in [0.15, 0.2) is 18.5 Å². The molecule has 0 bridgehead atoms. The van der Waals surface area contributed by atoms with Crippen molar-refractivity contribution in [1.29, 1.82) is 0 Å². The van der Waals surface area contributed by atoms with E-state index in [0.29, 0.717) is 17.8 Å². The Morgan fingerprint density at radius 2 is 2.12 bits per heavy atom. The number of fused-ring (bicyclic) bond motifs is 1. The molecule has 11 heteroatoms. The number of hydrogen-bond donors (Lipinski definition) is 3. The fraction of sp³-hybridized carbons (Fsp3) is 0.435. The van der Waals surface area contributed by atoms with E-state index in [1.54, 1.807) is 31.4 Å². The highest BCUT2D eigenvalue weighted by atomic mass is 35.5. The Kier molecular flexibility index (Phi) is 7.35. The molecule has 3 aromatic rings. The molecule has 0 saturated carbocycles. The number of ether oxygens (including phenoxy) is 1. The molecular weight excluding hydrogens is 463 g/mol. The number of aromatic nitrogens is 3. The van der Waals surface area contributed by atoms with Gasteiger partial charge in [-0.2, -0.15) is 0 Å². The third-order valence-corrected chi connectivity index (χ3v) is 5.59. The second-order valence-electron chi connectivity index (χ2n) is 8.77. The Morgan fingerprint density at radius 3 is 2.74 bits per heavy atom. The zero-order valence-corrected chi connectivity index (χ0v) is 20.9. The van der Waals surface area contributed by atoms with Crippen molar-refractivity contribution in [2.45, 2.75) is 39.4 Å². The maximum absolute atomic E-state index is 15.2. The van der Waals surface area contributed by atoms with E-state index < -0.39 is 23.4 Å². The number of aryl methyl sites for hydroxylation is 1. The number of nitrogens with zero attached hydrogens (tertiary/aromatic N) is 4. The number of aliphatic hydroxyl groups is 1. The molecule has 0 aliphatic carbocycles. The summed E-state index contributed by atoms with van der Waals surface area (Å²) in [5.41, 5.74) is 4.96. The first kappa shape index (κ1) is 25.7. The SMILES string of the molecule is Cc1nc([C@@](C)(O)c2cc(Cl)c(F)c(C(=O)NCCN(C)C)c2OC(C)C)n2ccnc(N)c12. The molecule has 0 saturated heterocycles. The Balaban J connectivity index is 2.24. The summed E-state index contributed by atoms with van der Waals surface area (Å²) < 4.78 is 22.7. The summed E-state index contributed by atoms with van der Waals surface area (Å²) in [5, 5.41) is 14.1. The van der Waals surface area contributed by atoms with Crippen LogP contribution < -0.4 is 15.8 Å². The normalized spacial score (nSPS) is 13.5. The van der Waals surface area contributed by atoms with Gasteiger partial charge in [-0.3, -0.25) is 9.20 Å². The average molecular weight is 493 g/mol. The summed E-state index contributed by atoms with van der Waals surface area (Å²) in [6, 6.07) is 1.26. The fourth-order valence-electron chi connectivity index (χ4n) is 3.72. The van der Waals surface area contributed by atoms with Crippen LogP contribution in [-0.2, 0) is 5.60 Å². The minimum Gasteiger partial charge on any atom is -0.490 e. The minimum absolute atomic E-state index is 0.0904. The number of anilines is 1. The Bertz CT molecular complexity index is 1230. The quantitative estimate of drug-likeness (QED) is 0.442. The highest BCUT2D eigenvalue weighted by Crippen LogP contribution is 2.42. The number of nitrogen functional groups attached to an aromatic ring is 1. The van der Waals surface area contributed by atoms with Crippen LogP contribution in [0.2, 0.25) is 5.02 Å². The van der Waals surface area contributed by atoms with Gasteiger partial charge in [0.1, 0.15) is 34.1 Å². The van der Waals surface area contributed by atoms with Crippen molar-refractivity contribution in [1.82, 2.24) is 24.6 Å². The largest absolute Gasteiger partial charge is 0.490 e. The molecule has 2 aromatic heterocycles. The highest BCUT2D eigenvalue weighted by molar-refractivity contribution is 6.31. The number of nitrogens with one attached hydrogen (secondary N) is 1. The van der Waals surface area contributed by atoms with Crippen LogP contribution in [0.4, 0.5) is 10.2 Å². The summed E-state index contributed by atoms with van der Waals surface area (Å²) in [6.07, 6.45) is 2.66.